The summed E-state index contributed by atoms with van der Waals surface area (Å²) < 4.78 is 6.03. The normalized spacial score (nSPS) is 14.6. The maximum atomic E-state index is 9.97. The molecule has 4 aromatic carbocycles. The Morgan fingerprint density at radius 2 is 1.29 bits per heavy atom. The Balaban J connectivity index is 1.68. The van der Waals surface area contributed by atoms with E-state index in [1.807, 2.05) is 12.1 Å². The van der Waals surface area contributed by atoms with E-state index in [4.69, 9.17) is 4.74 Å². The van der Waals surface area contributed by atoms with Gasteiger partial charge in [-0.05, 0) is 35.2 Å². The first-order chi connectivity index (χ1) is 13.7. The predicted octanol–water partition coefficient (Wildman–Crippen LogP) is 6.65. The zero-order valence-electron chi connectivity index (χ0n) is 14.5. The van der Waals surface area contributed by atoms with Gasteiger partial charge in [-0.2, -0.15) is 0 Å². The molecule has 6 rings (SSSR count). The molecule has 136 valence electrons. The highest BCUT2D eigenvalue weighted by molar-refractivity contribution is 8.77. The second kappa shape index (κ2) is 5.87. The van der Waals surface area contributed by atoms with E-state index in [1.165, 1.54) is 26.1 Å². The zero-order chi connectivity index (χ0) is 18.8. The van der Waals surface area contributed by atoms with Crippen LogP contribution in [0.1, 0.15) is 22.6 Å². The van der Waals surface area contributed by atoms with Gasteiger partial charge in [0.2, 0.25) is 0 Å². The van der Waals surface area contributed by atoms with Crippen molar-refractivity contribution in [2.75, 3.05) is 0 Å². The van der Waals surface area contributed by atoms with Crippen molar-refractivity contribution in [3.63, 3.8) is 0 Å². The van der Waals surface area contributed by atoms with E-state index in [9.17, 15) is 10.2 Å². The first-order valence-electron chi connectivity index (χ1n) is 8.93. The molecule has 5 heteroatoms. The van der Waals surface area contributed by atoms with Crippen LogP contribution in [0.3, 0.4) is 0 Å². The third-order valence-electron chi connectivity index (χ3n) is 5.37. The number of phenolic OH excluding ortho intramolecular Hbond substituents is 2. The first kappa shape index (κ1) is 16.2. The lowest BCUT2D eigenvalue weighted by Crippen LogP contribution is -2.12. The van der Waals surface area contributed by atoms with Gasteiger partial charge in [0.1, 0.15) is 23.0 Å². The minimum atomic E-state index is -0.0418. The fourth-order valence-electron chi connectivity index (χ4n) is 4.17. The SMILES string of the molecule is Oc1ccc2c(c1)Oc1cc(O)ccc1C2c1ccc2c3c(cccc13)SS2. The summed E-state index contributed by atoms with van der Waals surface area (Å²) >= 11 is 0. The fraction of sp³-hybridized carbons (Fsp3) is 0.0435. The molecule has 28 heavy (non-hydrogen) atoms. The number of ether oxygens (including phenoxy) is 1. The number of rotatable bonds is 1. The van der Waals surface area contributed by atoms with Gasteiger partial charge in [-0.3, -0.25) is 0 Å². The van der Waals surface area contributed by atoms with Gasteiger partial charge in [0, 0.05) is 44.4 Å². The molecule has 0 aliphatic carbocycles. The first-order valence-corrected chi connectivity index (χ1v) is 11.1. The smallest absolute Gasteiger partial charge is 0.135 e. The van der Waals surface area contributed by atoms with Crippen molar-refractivity contribution in [3.8, 4) is 23.0 Å². The van der Waals surface area contributed by atoms with Crippen molar-refractivity contribution >= 4 is 32.4 Å². The largest absolute Gasteiger partial charge is 0.508 e. The standard InChI is InChI=1S/C23H14O3S2/c24-12-4-6-16-18(10-12)26-19-11-13(25)5-7-17(19)22(16)15-8-9-21-23-14(15)2-1-3-20(23)27-28-21/h1-11,22,24-25H. The molecular weight excluding hydrogens is 388 g/mol. The molecule has 0 bridgehead atoms. The Morgan fingerprint density at radius 3 is 1.96 bits per heavy atom. The highest BCUT2D eigenvalue weighted by atomic mass is 33.1. The maximum Gasteiger partial charge on any atom is 0.135 e. The van der Waals surface area contributed by atoms with Crippen molar-refractivity contribution in [2.45, 2.75) is 15.7 Å². The fourth-order valence-corrected chi connectivity index (χ4v) is 6.65. The van der Waals surface area contributed by atoms with Crippen molar-refractivity contribution in [3.05, 3.63) is 83.4 Å². The summed E-state index contributed by atoms with van der Waals surface area (Å²) in [4.78, 5) is 2.59. The van der Waals surface area contributed by atoms with Gasteiger partial charge in [-0.25, -0.2) is 0 Å². The van der Waals surface area contributed by atoms with E-state index in [0.29, 0.717) is 11.5 Å². The van der Waals surface area contributed by atoms with Gasteiger partial charge in [-0.1, -0.05) is 51.9 Å². The monoisotopic (exact) mass is 402 g/mol. The lowest BCUT2D eigenvalue weighted by Gasteiger charge is -2.29. The van der Waals surface area contributed by atoms with E-state index in [2.05, 4.69) is 30.3 Å². The molecule has 0 saturated carbocycles. The molecule has 0 amide bonds. The molecule has 3 nitrogen and oxygen atoms in total. The van der Waals surface area contributed by atoms with Gasteiger partial charge >= 0.3 is 0 Å². The second-order valence-electron chi connectivity index (χ2n) is 6.98. The van der Waals surface area contributed by atoms with Crippen molar-refractivity contribution < 1.29 is 14.9 Å². The molecule has 0 saturated heterocycles. The Hall–Kier alpha value is -2.76. The third-order valence-corrected chi connectivity index (χ3v) is 7.82. The van der Waals surface area contributed by atoms with Crippen molar-refractivity contribution in [2.24, 2.45) is 0 Å². The second-order valence-corrected chi connectivity index (χ2v) is 9.19. The average molecular weight is 402 g/mol. The van der Waals surface area contributed by atoms with Crippen LogP contribution >= 0.6 is 21.6 Å². The third kappa shape index (κ3) is 2.26. The number of hydrogen-bond acceptors (Lipinski definition) is 5. The molecule has 2 heterocycles. The highest BCUT2D eigenvalue weighted by Crippen LogP contribution is 2.55. The molecule has 4 aromatic rings. The molecule has 2 N–H and O–H groups in total. The molecular formula is C23H14O3S2. The maximum absolute atomic E-state index is 9.97. The van der Waals surface area contributed by atoms with Crippen LogP contribution in [0.25, 0.3) is 10.8 Å². The van der Waals surface area contributed by atoms with Crippen LogP contribution in [-0.2, 0) is 0 Å². The van der Waals surface area contributed by atoms with E-state index >= 15 is 0 Å². The van der Waals surface area contributed by atoms with Crippen LogP contribution in [0.2, 0.25) is 0 Å². The van der Waals surface area contributed by atoms with Gasteiger partial charge in [0.15, 0.2) is 0 Å². The van der Waals surface area contributed by atoms with Crippen LogP contribution in [0.5, 0.6) is 23.0 Å². The van der Waals surface area contributed by atoms with Crippen LogP contribution in [0.4, 0.5) is 0 Å². The summed E-state index contributed by atoms with van der Waals surface area (Å²) in [6.45, 7) is 0. The van der Waals surface area contributed by atoms with Gasteiger partial charge in [-0.15, -0.1) is 0 Å². The summed E-state index contributed by atoms with van der Waals surface area (Å²) in [5, 5.41) is 22.5. The molecule has 0 unspecified atom stereocenters. The Labute approximate surface area is 169 Å². The quantitative estimate of drug-likeness (QED) is 0.307. The molecule has 0 radical (unpaired) electrons. The molecule has 2 aliphatic rings. The summed E-state index contributed by atoms with van der Waals surface area (Å²) in [5.74, 6) is 1.52. The Bertz CT molecular complexity index is 1220. The predicted molar refractivity (Wildman–Crippen MR) is 113 cm³/mol. The lowest BCUT2D eigenvalue weighted by molar-refractivity contribution is 0.428. The average Bonchev–Trinajstić information content (AvgIpc) is 3.11. The topological polar surface area (TPSA) is 49.7 Å². The van der Waals surface area contributed by atoms with E-state index in [0.717, 1.165) is 11.1 Å². The van der Waals surface area contributed by atoms with E-state index in [1.54, 1.807) is 45.9 Å². The minimum absolute atomic E-state index is 0.0418. The van der Waals surface area contributed by atoms with Gasteiger partial charge in [0.25, 0.3) is 0 Å². The Kier molecular flexibility index (Phi) is 3.40. The summed E-state index contributed by atoms with van der Waals surface area (Å²) in [6.07, 6.45) is 0. The van der Waals surface area contributed by atoms with Crippen LogP contribution in [0, 0.1) is 0 Å². The Morgan fingerprint density at radius 1 is 0.679 bits per heavy atom. The number of fused-ring (bicyclic) bond motifs is 2. The molecule has 0 atom stereocenters. The summed E-state index contributed by atoms with van der Waals surface area (Å²) in [6, 6.07) is 21.4. The number of hydrogen-bond donors (Lipinski definition) is 2. The lowest BCUT2D eigenvalue weighted by atomic mass is 9.80. The van der Waals surface area contributed by atoms with E-state index in [-0.39, 0.29) is 17.4 Å². The van der Waals surface area contributed by atoms with Crippen LogP contribution in [-0.4, -0.2) is 10.2 Å². The number of phenols is 2. The summed E-state index contributed by atoms with van der Waals surface area (Å²) in [7, 11) is 3.61. The number of benzene rings is 4. The molecule has 0 fully saturated rings. The minimum Gasteiger partial charge on any atom is -0.508 e. The van der Waals surface area contributed by atoms with Gasteiger partial charge in [0.05, 0.1) is 0 Å². The molecule has 0 aromatic heterocycles. The van der Waals surface area contributed by atoms with Crippen LogP contribution in [0.15, 0.2) is 76.5 Å². The van der Waals surface area contributed by atoms with E-state index < -0.39 is 0 Å². The highest BCUT2D eigenvalue weighted by Gasteiger charge is 2.31. The van der Waals surface area contributed by atoms with Crippen LogP contribution < -0.4 is 4.74 Å². The molecule has 0 spiro atoms. The van der Waals surface area contributed by atoms with Crippen molar-refractivity contribution in [1.82, 2.24) is 0 Å². The number of aromatic hydroxyl groups is 2. The van der Waals surface area contributed by atoms with Gasteiger partial charge < -0.3 is 14.9 Å². The van der Waals surface area contributed by atoms with Crippen molar-refractivity contribution in [1.29, 1.82) is 0 Å². The summed E-state index contributed by atoms with van der Waals surface area (Å²) in [5.41, 5.74) is 3.22. The molecule has 2 aliphatic heterocycles. The zero-order valence-corrected chi connectivity index (χ0v) is 16.2.